The second-order valence-corrected chi connectivity index (χ2v) is 4.21. The summed E-state index contributed by atoms with van der Waals surface area (Å²) >= 11 is 0. The molecular formula is C11H13FN2O. The van der Waals surface area contributed by atoms with E-state index in [-0.39, 0.29) is 11.9 Å². The van der Waals surface area contributed by atoms with E-state index in [0.29, 0.717) is 24.0 Å². The molecule has 1 aromatic rings. The number of anilines is 2. The number of ether oxygens (including phenoxy) is 1. The molecule has 80 valence electrons. The van der Waals surface area contributed by atoms with Gasteiger partial charge in [-0.3, -0.25) is 0 Å². The number of halogens is 1. The third-order valence-electron chi connectivity index (χ3n) is 3.18. The highest BCUT2D eigenvalue weighted by atomic mass is 19.1. The summed E-state index contributed by atoms with van der Waals surface area (Å²) in [7, 11) is 0. The van der Waals surface area contributed by atoms with Crippen molar-refractivity contribution >= 4 is 11.4 Å². The molecule has 4 heteroatoms. The lowest BCUT2D eigenvalue weighted by atomic mass is 10.2. The topological polar surface area (TPSA) is 38.5 Å². The van der Waals surface area contributed by atoms with Gasteiger partial charge in [-0.25, -0.2) is 4.39 Å². The van der Waals surface area contributed by atoms with Crippen LogP contribution < -0.4 is 10.6 Å². The zero-order chi connectivity index (χ0) is 10.4. The molecule has 0 spiro atoms. The Morgan fingerprint density at radius 3 is 2.93 bits per heavy atom. The predicted octanol–water partition coefficient (Wildman–Crippen LogP) is 1.39. The maximum absolute atomic E-state index is 13.7. The van der Waals surface area contributed by atoms with Crippen molar-refractivity contribution in [3.63, 3.8) is 0 Å². The standard InChI is InChI=1S/C11H13FN2O/c12-10-3-7(13)1-2-11(10)14-5-9-4-8(14)6-15-9/h1-3,8-9H,4-6,13H2/t8-,9-/m0/s1. The molecule has 2 aliphatic rings. The Bertz CT molecular complexity index is 396. The normalized spacial score (nSPS) is 28.7. The van der Waals surface area contributed by atoms with E-state index in [1.165, 1.54) is 6.07 Å². The Morgan fingerprint density at radius 2 is 2.33 bits per heavy atom. The van der Waals surface area contributed by atoms with E-state index in [1.54, 1.807) is 12.1 Å². The Balaban J connectivity index is 1.93. The molecule has 0 radical (unpaired) electrons. The van der Waals surface area contributed by atoms with Crippen molar-refractivity contribution in [1.29, 1.82) is 0 Å². The minimum atomic E-state index is -0.234. The average Bonchev–Trinajstić information content (AvgIpc) is 2.78. The largest absolute Gasteiger partial charge is 0.399 e. The summed E-state index contributed by atoms with van der Waals surface area (Å²) in [6, 6.07) is 5.21. The fraction of sp³-hybridized carbons (Fsp3) is 0.455. The molecule has 3 nitrogen and oxygen atoms in total. The quantitative estimate of drug-likeness (QED) is 0.709. The molecule has 2 bridgehead atoms. The van der Waals surface area contributed by atoms with Gasteiger partial charge in [-0.05, 0) is 24.6 Å². The van der Waals surface area contributed by atoms with Gasteiger partial charge in [0.15, 0.2) is 0 Å². The van der Waals surface area contributed by atoms with E-state index in [4.69, 9.17) is 10.5 Å². The maximum atomic E-state index is 13.7. The molecule has 0 saturated carbocycles. The zero-order valence-electron chi connectivity index (χ0n) is 8.32. The van der Waals surface area contributed by atoms with Gasteiger partial charge >= 0.3 is 0 Å². The zero-order valence-corrected chi connectivity index (χ0v) is 8.32. The summed E-state index contributed by atoms with van der Waals surface area (Å²) in [4.78, 5) is 2.09. The number of nitrogens with zero attached hydrogens (tertiary/aromatic N) is 1. The average molecular weight is 208 g/mol. The summed E-state index contributed by atoms with van der Waals surface area (Å²) in [6.07, 6.45) is 1.30. The fourth-order valence-electron chi connectivity index (χ4n) is 2.45. The van der Waals surface area contributed by atoms with Crippen molar-refractivity contribution in [3.8, 4) is 0 Å². The number of rotatable bonds is 1. The van der Waals surface area contributed by atoms with Crippen LogP contribution in [-0.2, 0) is 4.74 Å². The second kappa shape index (κ2) is 3.10. The molecule has 2 atom stereocenters. The van der Waals surface area contributed by atoms with Gasteiger partial charge in [-0.15, -0.1) is 0 Å². The molecule has 2 fully saturated rings. The SMILES string of the molecule is Nc1ccc(N2C[C@@H]3C[C@H]2CO3)c(F)c1. The van der Waals surface area contributed by atoms with Crippen molar-refractivity contribution in [2.45, 2.75) is 18.6 Å². The van der Waals surface area contributed by atoms with Gasteiger partial charge < -0.3 is 15.4 Å². The summed E-state index contributed by atoms with van der Waals surface area (Å²) in [5.41, 5.74) is 6.64. The molecule has 2 N–H and O–H groups in total. The van der Waals surface area contributed by atoms with E-state index in [0.717, 1.165) is 13.0 Å². The minimum absolute atomic E-state index is 0.234. The van der Waals surface area contributed by atoms with Crippen LogP contribution >= 0.6 is 0 Å². The maximum Gasteiger partial charge on any atom is 0.148 e. The number of nitrogen functional groups attached to an aromatic ring is 1. The number of benzene rings is 1. The number of fused-ring (bicyclic) bond motifs is 2. The smallest absolute Gasteiger partial charge is 0.148 e. The van der Waals surface area contributed by atoms with Crippen molar-refractivity contribution in [3.05, 3.63) is 24.0 Å². The van der Waals surface area contributed by atoms with Crippen molar-refractivity contribution in [1.82, 2.24) is 0 Å². The monoisotopic (exact) mass is 208 g/mol. The molecule has 0 aliphatic carbocycles. The minimum Gasteiger partial charge on any atom is -0.399 e. The predicted molar refractivity (Wildman–Crippen MR) is 56.3 cm³/mol. The van der Waals surface area contributed by atoms with E-state index >= 15 is 0 Å². The summed E-state index contributed by atoms with van der Waals surface area (Å²) in [5, 5.41) is 0. The number of nitrogens with two attached hydrogens (primary N) is 1. The lowest BCUT2D eigenvalue weighted by Gasteiger charge is -2.29. The van der Waals surface area contributed by atoms with Gasteiger partial charge in [0.25, 0.3) is 0 Å². The molecule has 0 unspecified atom stereocenters. The molecule has 2 aliphatic heterocycles. The first-order valence-corrected chi connectivity index (χ1v) is 5.17. The lowest BCUT2D eigenvalue weighted by molar-refractivity contribution is 0.0989. The number of morpholine rings is 1. The molecule has 15 heavy (non-hydrogen) atoms. The highest BCUT2D eigenvalue weighted by Gasteiger charge is 2.39. The molecular weight excluding hydrogens is 195 g/mol. The lowest BCUT2D eigenvalue weighted by Crippen LogP contribution is -2.37. The van der Waals surface area contributed by atoms with Crippen LogP contribution in [0.1, 0.15) is 6.42 Å². The van der Waals surface area contributed by atoms with Gasteiger partial charge in [0.05, 0.1) is 24.4 Å². The third kappa shape index (κ3) is 1.36. The molecule has 0 amide bonds. The first-order valence-electron chi connectivity index (χ1n) is 5.17. The highest BCUT2D eigenvalue weighted by molar-refractivity contribution is 5.56. The van der Waals surface area contributed by atoms with Crippen LogP contribution in [0.2, 0.25) is 0 Å². The van der Waals surface area contributed by atoms with Gasteiger partial charge in [-0.2, -0.15) is 0 Å². The summed E-state index contributed by atoms with van der Waals surface area (Å²) < 4.78 is 19.1. The van der Waals surface area contributed by atoms with E-state index < -0.39 is 0 Å². The highest BCUT2D eigenvalue weighted by Crippen LogP contribution is 2.34. The van der Waals surface area contributed by atoms with Gasteiger partial charge in [0.1, 0.15) is 5.82 Å². The van der Waals surface area contributed by atoms with Gasteiger partial charge in [0, 0.05) is 12.2 Å². The summed E-state index contributed by atoms with van der Waals surface area (Å²) in [5.74, 6) is -0.234. The first kappa shape index (κ1) is 8.97. The van der Waals surface area contributed by atoms with E-state index in [9.17, 15) is 4.39 Å². The fourth-order valence-corrected chi connectivity index (χ4v) is 2.45. The van der Waals surface area contributed by atoms with E-state index in [2.05, 4.69) is 4.90 Å². The molecule has 2 saturated heterocycles. The van der Waals surface area contributed by atoms with Crippen LogP contribution in [0.25, 0.3) is 0 Å². The second-order valence-electron chi connectivity index (χ2n) is 4.21. The van der Waals surface area contributed by atoms with Crippen molar-refractivity contribution in [2.75, 3.05) is 23.8 Å². The Morgan fingerprint density at radius 1 is 1.47 bits per heavy atom. The van der Waals surface area contributed by atoms with Gasteiger partial charge in [0.2, 0.25) is 0 Å². The Labute approximate surface area is 87.6 Å². The van der Waals surface area contributed by atoms with Crippen LogP contribution in [0.15, 0.2) is 18.2 Å². The number of hydrogen-bond acceptors (Lipinski definition) is 3. The van der Waals surface area contributed by atoms with E-state index in [1.807, 2.05) is 0 Å². The van der Waals surface area contributed by atoms with Crippen LogP contribution in [0, 0.1) is 5.82 Å². The molecule has 0 aromatic heterocycles. The van der Waals surface area contributed by atoms with Crippen LogP contribution in [0.4, 0.5) is 15.8 Å². The Kier molecular flexibility index (Phi) is 1.85. The molecule has 2 heterocycles. The van der Waals surface area contributed by atoms with Crippen LogP contribution in [0.3, 0.4) is 0 Å². The van der Waals surface area contributed by atoms with Crippen molar-refractivity contribution < 1.29 is 9.13 Å². The first-order chi connectivity index (χ1) is 7.24. The van der Waals surface area contributed by atoms with Crippen LogP contribution in [0.5, 0.6) is 0 Å². The molecule has 1 aromatic carbocycles. The Hall–Kier alpha value is -1.29. The number of hydrogen-bond donors (Lipinski definition) is 1. The van der Waals surface area contributed by atoms with Gasteiger partial charge in [-0.1, -0.05) is 0 Å². The third-order valence-corrected chi connectivity index (χ3v) is 3.18. The van der Waals surface area contributed by atoms with Crippen molar-refractivity contribution in [2.24, 2.45) is 0 Å². The summed E-state index contributed by atoms with van der Waals surface area (Å²) in [6.45, 7) is 1.51. The molecule has 3 rings (SSSR count). The van der Waals surface area contributed by atoms with Crippen LogP contribution in [-0.4, -0.2) is 25.3 Å².